The molecular formula is C13H20ClN3. The molecule has 4 heteroatoms. The van der Waals surface area contributed by atoms with E-state index in [-0.39, 0.29) is 5.54 Å². The van der Waals surface area contributed by atoms with Crippen LogP contribution in [0.5, 0.6) is 0 Å². The van der Waals surface area contributed by atoms with Gasteiger partial charge in [0.1, 0.15) is 17.3 Å². The minimum Gasteiger partial charge on any atom is -0.365 e. The Morgan fingerprint density at radius 3 is 2.71 bits per heavy atom. The predicted molar refractivity (Wildman–Crippen MR) is 71.5 cm³/mol. The largest absolute Gasteiger partial charge is 0.365 e. The molecule has 1 aliphatic rings. The van der Waals surface area contributed by atoms with Crippen LogP contribution in [0.4, 0.5) is 5.82 Å². The first-order valence-electron chi connectivity index (χ1n) is 6.42. The summed E-state index contributed by atoms with van der Waals surface area (Å²) in [5.41, 5.74) is 1.24. The molecule has 1 N–H and O–H groups in total. The minimum absolute atomic E-state index is 0.181. The number of nitrogens with zero attached hydrogens (tertiary/aromatic N) is 2. The Hall–Kier alpha value is -0.830. The van der Waals surface area contributed by atoms with E-state index in [4.69, 9.17) is 11.6 Å². The highest BCUT2D eigenvalue weighted by Gasteiger charge is 2.29. The van der Waals surface area contributed by atoms with E-state index in [2.05, 4.69) is 29.1 Å². The maximum Gasteiger partial charge on any atom is 0.137 e. The lowest BCUT2D eigenvalue weighted by Gasteiger charge is -2.27. The zero-order valence-corrected chi connectivity index (χ0v) is 11.3. The Balaban J connectivity index is 2.22. The first kappa shape index (κ1) is 12.6. The van der Waals surface area contributed by atoms with E-state index in [1.165, 1.54) is 25.7 Å². The van der Waals surface area contributed by atoms with E-state index in [0.29, 0.717) is 5.15 Å². The summed E-state index contributed by atoms with van der Waals surface area (Å²) >= 11 is 6.15. The summed E-state index contributed by atoms with van der Waals surface area (Å²) in [6.45, 7) is 4.41. The lowest BCUT2D eigenvalue weighted by atomic mass is 10.0. The molecule has 0 unspecified atom stereocenters. The van der Waals surface area contributed by atoms with Gasteiger partial charge in [0.25, 0.3) is 0 Å². The third-order valence-corrected chi connectivity index (χ3v) is 3.85. The van der Waals surface area contributed by atoms with Crippen LogP contribution in [-0.4, -0.2) is 15.5 Å². The predicted octanol–water partition coefficient (Wildman–Crippen LogP) is 3.83. The van der Waals surface area contributed by atoms with E-state index in [9.17, 15) is 0 Å². The molecule has 2 rings (SSSR count). The van der Waals surface area contributed by atoms with Gasteiger partial charge in [-0.1, -0.05) is 37.8 Å². The van der Waals surface area contributed by atoms with Crippen molar-refractivity contribution in [1.29, 1.82) is 0 Å². The molecule has 1 heterocycles. The maximum atomic E-state index is 6.15. The zero-order chi connectivity index (χ0) is 12.3. The summed E-state index contributed by atoms with van der Waals surface area (Å²) in [6, 6.07) is 0. The van der Waals surface area contributed by atoms with Gasteiger partial charge in [-0.05, 0) is 26.2 Å². The van der Waals surface area contributed by atoms with Gasteiger partial charge in [-0.15, -0.1) is 0 Å². The molecule has 0 aromatic carbocycles. The molecule has 1 saturated carbocycles. The molecule has 0 aliphatic heterocycles. The van der Waals surface area contributed by atoms with Crippen molar-refractivity contribution in [1.82, 2.24) is 9.97 Å². The second-order valence-corrected chi connectivity index (χ2v) is 5.49. The number of hydrogen-bond acceptors (Lipinski definition) is 3. The van der Waals surface area contributed by atoms with Gasteiger partial charge < -0.3 is 5.32 Å². The number of rotatable bonds is 4. The summed E-state index contributed by atoms with van der Waals surface area (Å²) in [6.07, 6.45) is 8.54. The summed E-state index contributed by atoms with van der Waals surface area (Å²) < 4.78 is 0. The third-order valence-electron chi connectivity index (χ3n) is 3.52. The van der Waals surface area contributed by atoms with Gasteiger partial charge in [0.2, 0.25) is 0 Å². The van der Waals surface area contributed by atoms with Crippen molar-refractivity contribution in [2.24, 2.45) is 0 Å². The second-order valence-electron chi connectivity index (χ2n) is 5.13. The van der Waals surface area contributed by atoms with Gasteiger partial charge in [0, 0.05) is 11.1 Å². The van der Waals surface area contributed by atoms with Crippen molar-refractivity contribution in [3.05, 3.63) is 17.0 Å². The molecule has 1 aromatic heterocycles. The first-order chi connectivity index (χ1) is 8.14. The zero-order valence-electron chi connectivity index (χ0n) is 10.6. The monoisotopic (exact) mass is 253 g/mol. The van der Waals surface area contributed by atoms with Crippen LogP contribution >= 0.6 is 11.6 Å². The summed E-state index contributed by atoms with van der Waals surface area (Å²) in [4.78, 5) is 8.43. The van der Waals surface area contributed by atoms with Crippen molar-refractivity contribution in [2.75, 3.05) is 5.32 Å². The van der Waals surface area contributed by atoms with Crippen LogP contribution in [0.25, 0.3) is 0 Å². The number of halogens is 1. The fraction of sp³-hybridized carbons (Fsp3) is 0.692. The standard InChI is InChI=1S/C13H20ClN3/c1-3-6-10-11(14)15-9-16-12(10)17-13(2)7-4-5-8-13/h9H,3-8H2,1-2H3,(H,15,16,17). The molecule has 0 atom stereocenters. The quantitative estimate of drug-likeness (QED) is 0.829. The first-order valence-corrected chi connectivity index (χ1v) is 6.80. The Morgan fingerprint density at radius 1 is 1.35 bits per heavy atom. The number of aromatic nitrogens is 2. The van der Waals surface area contributed by atoms with Crippen molar-refractivity contribution >= 4 is 17.4 Å². The maximum absolute atomic E-state index is 6.15. The molecule has 0 amide bonds. The fourth-order valence-electron chi connectivity index (χ4n) is 2.54. The fourth-order valence-corrected chi connectivity index (χ4v) is 2.76. The lowest BCUT2D eigenvalue weighted by molar-refractivity contribution is 0.529. The Kier molecular flexibility index (Phi) is 3.87. The Bertz CT molecular complexity index is 386. The summed E-state index contributed by atoms with van der Waals surface area (Å²) in [7, 11) is 0. The van der Waals surface area contributed by atoms with Crippen molar-refractivity contribution in [2.45, 2.75) is 57.9 Å². The van der Waals surface area contributed by atoms with Gasteiger partial charge in [0.15, 0.2) is 0 Å². The van der Waals surface area contributed by atoms with Crippen LogP contribution in [0.1, 0.15) is 51.5 Å². The van der Waals surface area contributed by atoms with E-state index in [1.54, 1.807) is 6.33 Å². The molecule has 0 bridgehead atoms. The van der Waals surface area contributed by atoms with Gasteiger partial charge in [-0.2, -0.15) is 0 Å². The van der Waals surface area contributed by atoms with Crippen LogP contribution in [-0.2, 0) is 6.42 Å². The van der Waals surface area contributed by atoms with Crippen molar-refractivity contribution in [3.63, 3.8) is 0 Å². The normalized spacial score (nSPS) is 18.3. The molecule has 17 heavy (non-hydrogen) atoms. The molecule has 0 radical (unpaired) electrons. The number of hydrogen-bond donors (Lipinski definition) is 1. The minimum atomic E-state index is 0.181. The van der Waals surface area contributed by atoms with Crippen LogP contribution < -0.4 is 5.32 Å². The van der Waals surface area contributed by atoms with E-state index in [1.807, 2.05) is 0 Å². The molecule has 1 aromatic rings. The highest BCUT2D eigenvalue weighted by molar-refractivity contribution is 6.30. The smallest absolute Gasteiger partial charge is 0.137 e. The highest BCUT2D eigenvalue weighted by atomic mass is 35.5. The molecule has 1 aliphatic carbocycles. The summed E-state index contributed by atoms with van der Waals surface area (Å²) in [5, 5.41) is 4.16. The van der Waals surface area contributed by atoms with Crippen molar-refractivity contribution in [3.8, 4) is 0 Å². The summed E-state index contributed by atoms with van der Waals surface area (Å²) in [5.74, 6) is 0.927. The van der Waals surface area contributed by atoms with Gasteiger partial charge in [-0.25, -0.2) is 9.97 Å². The average molecular weight is 254 g/mol. The second kappa shape index (κ2) is 5.21. The molecule has 0 saturated heterocycles. The van der Waals surface area contributed by atoms with E-state index >= 15 is 0 Å². The van der Waals surface area contributed by atoms with E-state index in [0.717, 1.165) is 24.2 Å². The Labute approximate surface area is 108 Å². The van der Waals surface area contributed by atoms with Gasteiger partial charge in [0.05, 0.1) is 0 Å². The molecular weight excluding hydrogens is 234 g/mol. The molecule has 0 spiro atoms. The number of anilines is 1. The van der Waals surface area contributed by atoms with Crippen LogP contribution in [0.3, 0.4) is 0 Å². The molecule has 94 valence electrons. The lowest BCUT2D eigenvalue weighted by Crippen LogP contribution is -2.32. The topological polar surface area (TPSA) is 37.8 Å². The molecule has 3 nitrogen and oxygen atoms in total. The number of nitrogens with one attached hydrogen (secondary N) is 1. The average Bonchev–Trinajstić information content (AvgIpc) is 2.70. The van der Waals surface area contributed by atoms with Crippen LogP contribution in [0, 0.1) is 0 Å². The Morgan fingerprint density at radius 2 is 2.06 bits per heavy atom. The van der Waals surface area contributed by atoms with Crippen molar-refractivity contribution < 1.29 is 0 Å². The SMILES string of the molecule is CCCc1c(Cl)ncnc1NC1(C)CCCC1. The van der Waals surface area contributed by atoms with Gasteiger partial charge in [-0.3, -0.25) is 0 Å². The highest BCUT2D eigenvalue weighted by Crippen LogP contribution is 2.34. The third kappa shape index (κ3) is 2.89. The molecule has 1 fully saturated rings. The van der Waals surface area contributed by atoms with E-state index < -0.39 is 0 Å². The van der Waals surface area contributed by atoms with Crippen LogP contribution in [0.2, 0.25) is 5.15 Å². The van der Waals surface area contributed by atoms with Crippen LogP contribution in [0.15, 0.2) is 6.33 Å². The van der Waals surface area contributed by atoms with Gasteiger partial charge >= 0.3 is 0 Å².